The van der Waals surface area contributed by atoms with Gasteiger partial charge in [-0.3, -0.25) is 9.69 Å². The largest absolute Gasteiger partial charge is 0.496 e. The minimum atomic E-state index is -0.788. The molecule has 5 rings (SSSR count). The molecule has 1 saturated heterocycles. The number of rotatable bonds is 11. The second-order valence-electron chi connectivity index (χ2n) is 15.8. The highest BCUT2D eigenvalue weighted by molar-refractivity contribution is 6.04. The van der Waals surface area contributed by atoms with Crippen molar-refractivity contribution in [3.05, 3.63) is 64.7 Å². The van der Waals surface area contributed by atoms with Crippen molar-refractivity contribution >= 4 is 23.7 Å². The van der Waals surface area contributed by atoms with Crippen molar-refractivity contribution in [2.45, 2.75) is 116 Å². The normalized spacial score (nSPS) is 19.1. The number of hydrogen-bond acceptors (Lipinski definition) is 8. The fourth-order valence-electron chi connectivity index (χ4n) is 6.84. The molecule has 1 aliphatic carbocycles. The third kappa shape index (κ3) is 9.36. The van der Waals surface area contributed by atoms with Crippen LogP contribution in [-0.2, 0) is 20.8 Å². The van der Waals surface area contributed by atoms with Crippen LogP contribution in [0.4, 0.5) is 9.59 Å². The van der Waals surface area contributed by atoms with Gasteiger partial charge in [-0.1, -0.05) is 24.3 Å². The van der Waals surface area contributed by atoms with Crippen LogP contribution in [0.15, 0.2) is 48.0 Å². The predicted molar refractivity (Wildman–Crippen MR) is 195 cm³/mol. The van der Waals surface area contributed by atoms with Gasteiger partial charge in [0.25, 0.3) is 5.91 Å². The highest BCUT2D eigenvalue weighted by Gasteiger charge is 2.51. The van der Waals surface area contributed by atoms with E-state index in [9.17, 15) is 14.7 Å². The summed E-state index contributed by atoms with van der Waals surface area (Å²) < 4.78 is 23.4. The summed E-state index contributed by atoms with van der Waals surface area (Å²) in [5.74, 6) is 1.24. The summed E-state index contributed by atoms with van der Waals surface area (Å²) in [6, 6.07) is 12.4. The predicted octanol–water partition coefficient (Wildman–Crippen LogP) is 6.73. The van der Waals surface area contributed by atoms with Crippen molar-refractivity contribution in [2.75, 3.05) is 33.4 Å². The molecule has 2 bridgehead atoms. The van der Waals surface area contributed by atoms with Gasteiger partial charge >= 0.3 is 12.2 Å². The first-order valence-electron chi connectivity index (χ1n) is 18.1. The molecule has 3 amide bonds. The van der Waals surface area contributed by atoms with Gasteiger partial charge in [-0.25, -0.2) is 9.59 Å². The van der Waals surface area contributed by atoms with Crippen LogP contribution in [-0.4, -0.2) is 101 Å². The van der Waals surface area contributed by atoms with Crippen LogP contribution in [0.1, 0.15) is 90.3 Å². The van der Waals surface area contributed by atoms with Crippen LogP contribution >= 0.6 is 0 Å². The Hall–Kier alpha value is -4.25. The zero-order chi connectivity index (χ0) is 37.1. The molecule has 0 aromatic heterocycles. The molecule has 278 valence electrons. The highest BCUT2D eigenvalue weighted by Crippen LogP contribution is 2.43. The number of amides is 3. The molecule has 1 saturated carbocycles. The van der Waals surface area contributed by atoms with E-state index in [1.165, 1.54) is 0 Å². The number of piperazine rings is 1. The molecule has 2 aromatic rings. The molecule has 2 unspecified atom stereocenters. The van der Waals surface area contributed by atoms with Gasteiger partial charge in [0.05, 0.1) is 25.8 Å². The molecule has 2 aromatic carbocycles. The van der Waals surface area contributed by atoms with Gasteiger partial charge in [0, 0.05) is 37.9 Å². The van der Waals surface area contributed by atoms with Crippen LogP contribution in [0, 0.1) is 6.92 Å². The number of carbonyl (C=O) groups is 3. The lowest BCUT2D eigenvalue weighted by atomic mass is 9.81. The average Bonchev–Trinajstić information content (AvgIpc) is 3.89. The average molecular weight is 706 g/mol. The molecular weight excluding hydrogens is 650 g/mol. The molecule has 2 heterocycles. The standard InChI is InChI=1S/C40H55N3O8/c1-26-28(14-12-16-34(26)48-8)23-42(29-17-18-29)36(45)35-32(27-13-11-15-31(21-27)49-20-10-9-19-44)22-30-24-41(37(46)50-39(2,3)4)25-33(35)43(30)38(47)51-40(5,6)7/h11-16,21,29-30,33,44H,9-10,17-20,22-25H2,1-8H3. The van der Waals surface area contributed by atoms with Gasteiger partial charge in [0.1, 0.15) is 22.7 Å². The number of unbranched alkanes of at least 4 members (excludes halogenated alkanes) is 1. The van der Waals surface area contributed by atoms with Crippen molar-refractivity contribution in [2.24, 2.45) is 0 Å². The Morgan fingerprint density at radius 3 is 2.25 bits per heavy atom. The molecule has 2 fully saturated rings. The summed E-state index contributed by atoms with van der Waals surface area (Å²) in [5.41, 5.74) is 2.58. The molecule has 1 N–H and O–H groups in total. The maximum absolute atomic E-state index is 15.3. The van der Waals surface area contributed by atoms with Gasteiger partial charge < -0.3 is 33.9 Å². The summed E-state index contributed by atoms with van der Waals surface area (Å²) in [7, 11) is 1.64. The first-order valence-corrected chi connectivity index (χ1v) is 18.1. The minimum absolute atomic E-state index is 0.0382. The van der Waals surface area contributed by atoms with E-state index in [0.29, 0.717) is 43.7 Å². The molecule has 2 aliphatic heterocycles. The van der Waals surface area contributed by atoms with Crippen molar-refractivity contribution < 1.29 is 38.4 Å². The highest BCUT2D eigenvalue weighted by atomic mass is 16.6. The topological polar surface area (TPSA) is 118 Å². The first kappa shape index (κ1) is 38.0. The van der Waals surface area contributed by atoms with E-state index in [4.69, 9.17) is 18.9 Å². The molecule has 0 spiro atoms. The van der Waals surface area contributed by atoms with E-state index in [1.807, 2.05) is 95.8 Å². The second-order valence-corrected chi connectivity index (χ2v) is 15.8. The minimum Gasteiger partial charge on any atom is -0.496 e. The van der Waals surface area contributed by atoms with Crippen LogP contribution in [0.25, 0.3) is 5.57 Å². The third-order valence-corrected chi connectivity index (χ3v) is 9.35. The van der Waals surface area contributed by atoms with Gasteiger partial charge in [-0.2, -0.15) is 0 Å². The van der Waals surface area contributed by atoms with E-state index in [-0.39, 0.29) is 31.6 Å². The van der Waals surface area contributed by atoms with Crippen molar-refractivity contribution in [1.82, 2.24) is 14.7 Å². The van der Waals surface area contributed by atoms with E-state index in [1.54, 1.807) is 16.9 Å². The summed E-state index contributed by atoms with van der Waals surface area (Å²) in [4.78, 5) is 48.2. The number of carbonyl (C=O) groups excluding carboxylic acids is 3. The van der Waals surface area contributed by atoms with E-state index >= 15 is 4.79 Å². The van der Waals surface area contributed by atoms with Gasteiger partial charge in [0.2, 0.25) is 0 Å². The maximum Gasteiger partial charge on any atom is 0.411 e. The number of aliphatic hydroxyl groups excluding tert-OH is 1. The fraction of sp³-hybridized carbons (Fsp3) is 0.575. The molecule has 51 heavy (non-hydrogen) atoms. The number of ether oxygens (including phenoxy) is 4. The molecule has 11 nitrogen and oxygen atoms in total. The Balaban J connectivity index is 1.63. The maximum atomic E-state index is 15.3. The van der Waals surface area contributed by atoms with Crippen LogP contribution in [0.3, 0.4) is 0 Å². The number of benzene rings is 2. The molecule has 11 heteroatoms. The Kier molecular flexibility index (Phi) is 11.6. The Bertz CT molecular complexity index is 1620. The number of nitrogens with zero attached hydrogens (tertiary/aromatic N) is 3. The van der Waals surface area contributed by atoms with Crippen LogP contribution < -0.4 is 9.47 Å². The Morgan fingerprint density at radius 1 is 0.922 bits per heavy atom. The third-order valence-electron chi connectivity index (χ3n) is 9.35. The Labute approximate surface area is 302 Å². The lowest BCUT2D eigenvalue weighted by Crippen LogP contribution is -2.66. The van der Waals surface area contributed by atoms with Crippen molar-refractivity contribution in [3.8, 4) is 11.5 Å². The van der Waals surface area contributed by atoms with E-state index < -0.39 is 35.5 Å². The SMILES string of the molecule is COc1cccc(CN(C(=O)C2=C(c3cccc(OCCCCO)c3)CC3CN(C(=O)OC(C)(C)C)CC2N3C(=O)OC(C)(C)C)C2CC2)c1C. The second kappa shape index (κ2) is 15.6. The van der Waals surface area contributed by atoms with Crippen molar-refractivity contribution in [1.29, 1.82) is 0 Å². The van der Waals surface area contributed by atoms with Gasteiger partial charge in [-0.05, 0) is 121 Å². The summed E-state index contributed by atoms with van der Waals surface area (Å²) in [5, 5.41) is 9.22. The molecule has 3 aliphatic rings. The van der Waals surface area contributed by atoms with E-state index in [2.05, 4.69) is 0 Å². The molecular formula is C40H55N3O8. The number of hydrogen-bond donors (Lipinski definition) is 1. The number of fused-ring (bicyclic) bond motifs is 2. The van der Waals surface area contributed by atoms with E-state index in [0.717, 1.165) is 40.9 Å². The summed E-state index contributed by atoms with van der Waals surface area (Å²) >= 11 is 0. The molecule has 0 radical (unpaired) electrons. The lowest BCUT2D eigenvalue weighted by Gasteiger charge is -2.51. The quantitative estimate of drug-likeness (QED) is 0.256. The molecule has 2 atom stereocenters. The summed E-state index contributed by atoms with van der Waals surface area (Å²) in [6.07, 6.45) is 2.42. The monoisotopic (exact) mass is 705 g/mol. The summed E-state index contributed by atoms with van der Waals surface area (Å²) in [6.45, 7) is 14.1. The van der Waals surface area contributed by atoms with Crippen LogP contribution in [0.5, 0.6) is 11.5 Å². The van der Waals surface area contributed by atoms with Gasteiger partial charge in [-0.15, -0.1) is 0 Å². The zero-order valence-corrected chi connectivity index (χ0v) is 31.5. The smallest absolute Gasteiger partial charge is 0.411 e. The number of aliphatic hydroxyl groups is 1. The lowest BCUT2D eigenvalue weighted by molar-refractivity contribution is -0.129. The van der Waals surface area contributed by atoms with Crippen LogP contribution in [0.2, 0.25) is 0 Å². The fourth-order valence-corrected chi connectivity index (χ4v) is 6.84. The van der Waals surface area contributed by atoms with Gasteiger partial charge in [0.15, 0.2) is 0 Å². The first-order chi connectivity index (χ1) is 24.1. The zero-order valence-electron chi connectivity index (χ0n) is 31.5. The van der Waals surface area contributed by atoms with Crippen molar-refractivity contribution in [3.63, 3.8) is 0 Å². The number of methoxy groups -OCH3 is 1. The Morgan fingerprint density at radius 2 is 1.61 bits per heavy atom.